The summed E-state index contributed by atoms with van der Waals surface area (Å²) in [6.45, 7) is 0. The smallest absolute Gasteiger partial charge is 0.0566 e. The SMILES string of the molecule is ClC1=CC(Cl)=C(Cl)[CH][C@H]1c1ccccc1. The Kier molecular flexibility index (Phi) is 3.40. The Labute approximate surface area is 104 Å². The van der Waals surface area contributed by atoms with Gasteiger partial charge in [0.2, 0.25) is 0 Å². The maximum atomic E-state index is 6.13. The minimum absolute atomic E-state index is 0.0165. The van der Waals surface area contributed by atoms with Crippen LogP contribution in [0, 0.1) is 6.42 Å². The van der Waals surface area contributed by atoms with Gasteiger partial charge in [0.05, 0.1) is 5.03 Å². The van der Waals surface area contributed by atoms with Crippen LogP contribution in [0.3, 0.4) is 0 Å². The molecule has 15 heavy (non-hydrogen) atoms. The summed E-state index contributed by atoms with van der Waals surface area (Å²) in [5.41, 5.74) is 1.11. The molecule has 1 aliphatic carbocycles. The summed E-state index contributed by atoms with van der Waals surface area (Å²) in [6, 6.07) is 9.94. The second kappa shape index (κ2) is 4.61. The van der Waals surface area contributed by atoms with Crippen molar-refractivity contribution in [3.8, 4) is 0 Å². The van der Waals surface area contributed by atoms with Crippen molar-refractivity contribution in [1.82, 2.24) is 0 Å². The van der Waals surface area contributed by atoms with E-state index >= 15 is 0 Å². The summed E-state index contributed by atoms with van der Waals surface area (Å²) < 4.78 is 0. The molecule has 0 amide bonds. The van der Waals surface area contributed by atoms with Crippen molar-refractivity contribution < 1.29 is 0 Å². The Bertz CT molecular complexity index is 418. The monoisotopic (exact) mass is 257 g/mol. The number of rotatable bonds is 1. The van der Waals surface area contributed by atoms with Crippen molar-refractivity contribution in [3.05, 3.63) is 63.5 Å². The number of allylic oxidation sites excluding steroid dienone is 4. The van der Waals surface area contributed by atoms with Gasteiger partial charge in [-0.2, -0.15) is 0 Å². The molecule has 0 saturated heterocycles. The average molecular weight is 259 g/mol. The van der Waals surface area contributed by atoms with Crippen molar-refractivity contribution in [2.24, 2.45) is 0 Å². The Morgan fingerprint density at radius 3 is 2.20 bits per heavy atom. The predicted octanol–water partition coefficient (Wildman–Crippen LogP) is 4.80. The van der Waals surface area contributed by atoms with Gasteiger partial charge in [-0.3, -0.25) is 0 Å². The molecule has 77 valence electrons. The second-order valence-corrected chi connectivity index (χ2v) is 4.53. The summed E-state index contributed by atoms with van der Waals surface area (Å²) in [6.07, 6.45) is 3.56. The highest BCUT2D eigenvalue weighted by Crippen LogP contribution is 2.40. The molecule has 0 bridgehead atoms. The van der Waals surface area contributed by atoms with Crippen LogP contribution >= 0.6 is 34.8 Å². The fourth-order valence-electron chi connectivity index (χ4n) is 1.50. The second-order valence-electron chi connectivity index (χ2n) is 3.28. The minimum atomic E-state index is 0.0165. The van der Waals surface area contributed by atoms with Gasteiger partial charge in [0.25, 0.3) is 0 Å². The molecule has 2 rings (SSSR count). The van der Waals surface area contributed by atoms with Crippen LogP contribution in [0.2, 0.25) is 0 Å². The van der Waals surface area contributed by atoms with Gasteiger partial charge in [-0.1, -0.05) is 65.1 Å². The molecule has 0 unspecified atom stereocenters. The van der Waals surface area contributed by atoms with Crippen LogP contribution in [0.1, 0.15) is 11.5 Å². The first-order chi connectivity index (χ1) is 7.18. The lowest BCUT2D eigenvalue weighted by atomic mass is 9.92. The van der Waals surface area contributed by atoms with E-state index in [0.29, 0.717) is 15.1 Å². The first-order valence-electron chi connectivity index (χ1n) is 4.50. The topological polar surface area (TPSA) is 0 Å². The minimum Gasteiger partial charge on any atom is -0.0884 e. The normalized spacial score (nSPS) is 21.5. The van der Waals surface area contributed by atoms with E-state index in [1.165, 1.54) is 0 Å². The highest BCUT2D eigenvalue weighted by Gasteiger charge is 2.22. The first-order valence-corrected chi connectivity index (χ1v) is 5.64. The van der Waals surface area contributed by atoms with Gasteiger partial charge in [0.1, 0.15) is 0 Å². The van der Waals surface area contributed by atoms with E-state index in [2.05, 4.69) is 0 Å². The molecule has 1 atom stereocenters. The lowest BCUT2D eigenvalue weighted by Crippen LogP contribution is -2.04. The van der Waals surface area contributed by atoms with E-state index in [4.69, 9.17) is 34.8 Å². The molecule has 1 aromatic carbocycles. The van der Waals surface area contributed by atoms with Gasteiger partial charge in [0.15, 0.2) is 0 Å². The zero-order valence-corrected chi connectivity index (χ0v) is 10.0. The molecule has 1 aromatic rings. The molecule has 0 aliphatic heterocycles. The largest absolute Gasteiger partial charge is 0.0884 e. The van der Waals surface area contributed by atoms with E-state index in [9.17, 15) is 0 Å². The van der Waals surface area contributed by atoms with E-state index in [1.807, 2.05) is 36.8 Å². The molecule has 0 saturated carbocycles. The summed E-state index contributed by atoms with van der Waals surface area (Å²) in [5.74, 6) is 0.0165. The van der Waals surface area contributed by atoms with E-state index in [0.717, 1.165) is 5.56 Å². The third kappa shape index (κ3) is 2.39. The highest BCUT2D eigenvalue weighted by atomic mass is 35.5. The molecule has 0 aromatic heterocycles. The lowest BCUT2D eigenvalue weighted by Gasteiger charge is -2.20. The van der Waals surface area contributed by atoms with Crippen LogP contribution in [-0.2, 0) is 0 Å². The van der Waals surface area contributed by atoms with E-state index in [-0.39, 0.29) is 5.92 Å². The predicted molar refractivity (Wildman–Crippen MR) is 66.2 cm³/mol. The number of halogens is 3. The molecule has 1 radical (unpaired) electrons. The number of hydrogen-bond donors (Lipinski definition) is 0. The van der Waals surface area contributed by atoms with E-state index < -0.39 is 0 Å². The van der Waals surface area contributed by atoms with Crippen molar-refractivity contribution >= 4 is 34.8 Å². The molecule has 0 spiro atoms. The van der Waals surface area contributed by atoms with Gasteiger partial charge in [0, 0.05) is 22.4 Å². The quantitative estimate of drug-likeness (QED) is 0.679. The number of benzene rings is 1. The summed E-state index contributed by atoms with van der Waals surface area (Å²) >= 11 is 18.0. The van der Waals surface area contributed by atoms with Gasteiger partial charge in [-0.25, -0.2) is 0 Å². The van der Waals surface area contributed by atoms with Crippen molar-refractivity contribution in [2.45, 2.75) is 5.92 Å². The zero-order valence-electron chi connectivity index (χ0n) is 7.75. The Morgan fingerprint density at radius 1 is 0.867 bits per heavy atom. The lowest BCUT2D eigenvalue weighted by molar-refractivity contribution is 0.979. The third-order valence-corrected chi connectivity index (χ3v) is 3.34. The maximum absolute atomic E-state index is 6.13. The van der Waals surface area contributed by atoms with Crippen LogP contribution in [-0.4, -0.2) is 0 Å². The Morgan fingerprint density at radius 2 is 1.53 bits per heavy atom. The molecule has 0 nitrogen and oxygen atoms in total. The van der Waals surface area contributed by atoms with E-state index in [1.54, 1.807) is 6.08 Å². The molecule has 0 fully saturated rings. The molecule has 0 N–H and O–H groups in total. The van der Waals surface area contributed by atoms with Crippen molar-refractivity contribution in [2.75, 3.05) is 0 Å². The fourth-order valence-corrected chi connectivity index (χ4v) is 2.22. The summed E-state index contributed by atoms with van der Waals surface area (Å²) in [4.78, 5) is 0. The van der Waals surface area contributed by atoms with Crippen LogP contribution in [0.4, 0.5) is 0 Å². The van der Waals surface area contributed by atoms with Gasteiger partial charge in [-0.15, -0.1) is 0 Å². The van der Waals surface area contributed by atoms with Crippen molar-refractivity contribution in [3.63, 3.8) is 0 Å². The maximum Gasteiger partial charge on any atom is 0.0566 e. The summed E-state index contributed by atoms with van der Waals surface area (Å²) in [5, 5.41) is 1.74. The standard InChI is InChI=1S/C12H8Cl3/c13-10-7-12(15)11(14)6-9(10)8-4-2-1-3-5-8/h1-7,9H/t9-/m0/s1. The van der Waals surface area contributed by atoms with Gasteiger partial charge < -0.3 is 0 Å². The molecule has 3 heteroatoms. The third-order valence-electron chi connectivity index (χ3n) is 2.26. The van der Waals surface area contributed by atoms with Gasteiger partial charge >= 0.3 is 0 Å². The summed E-state index contributed by atoms with van der Waals surface area (Å²) in [7, 11) is 0. The van der Waals surface area contributed by atoms with Gasteiger partial charge in [-0.05, 0) is 11.6 Å². The average Bonchev–Trinajstić information content (AvgIpc) is 2.25. The molecule has 1 aliphatic rings. The highest BCUT2D eigenvalue weighted by molar-refractivity contribution is 6.43. The van der Waals surface area contributed by atoms with Crippen LogP contribution in [0.5, 0.6) is 0 Å². The zero-order chi connectivity index (χ0) is 10.8. The fraction of sp³-hybridized carbons (Fsp3) is 0.0833. The first kappa shape index (κ1) is 11.1. The Balaban J connectivity index is 2.32. The van der Waals surface area contributed by atoms with Crippen LogP contribution in [0.25, 0.3) is 0 Å². The number of hydrogen-bond acceptors (Lipinski definition) is 0. The molecular weight excluding hydrogens is 250 g/mol. The van der Waals surface area contributed by atoms with Crippen LogP contribution < -0.4 is 0 Å². The Hall–Kier alpha value is -0.430. The molecule has 0 heterocycles. The van der Waals surface area contributed by atoms with Crippen molar-refractivity contribution in [1.29, 1.82) is 0 Å². The molecular formula is C12H8Cl3. The van der Waals surface area contributed by atoms with Crippen LogP contribution in [0.15, 0.2) is 51.5 Å².